The topological polar surface area (TPSA) is 74.6 Å². The molecule has 0 N–H and O–H groups in total. The molecule has 4 heterocycles. The first-order valence-electron chi connectivity index (χ1n) is 12.3. The Morgan fingerprint density at radius 1 is 1.18 bits per heavy atom. The van der Waals surface area contributed by atoms with Crippen molar-refractivity contribution in [3.63, 3.8) is 0 Å². The van der Waals surface area contributed by atoms with Crippen LogP contribution in [0.5, 0.6) is 0 Å². The molecule has 0 aliphatic carbocycles. The number of rotatable bonds is 5. The van der Waals surface area contributed by atoms with Crippen LogP contribution in [0, 0.1) is 11.3 Å². The molecule has 1 spiro atoms. The number of nitrogens with zero attached hydrogens (tertiary/aromatic N) is 4. The molecule has 34 heavy (non-hydrogen) atoms. The molecule has 0 aromatic heterocycles. The van der Waals surface area contributed by atoms with Gasteiger partial charge in [-0.25, -0.2) is 18.4 Å². The summed E-state index contributed by atoms with van der Waals surface area (Å²) in [7, 11) is 0.925. The molecule has 7 nitrogen and oxygen atoms in total. The molecule has 4 aliphatic rings. The molecule has 1 saturated heterocycles. The summed E-state index contributed by atoms with van der Waals surface area (Å²) >= 11 is 0. The number of hydrogen-bond acceptors (Lipinski definition) is 7. The van der Waals surface area contributed by atoms with E-state index in [2.05, 4.69) is 29.1 Å². The molecule has 0 radical (unpaired) electrons. The monoisotopic (exact) mass is 482 g/mol. The summed E-state index contributed by atoms with van der Waals surface area (Å²) in [5.41, 5.74) is 2.54. The lowest BCUT2D eigenvalue weighted by atomic mass is 9.72. The second-order valence-electron chi connectivity index (χ2n) is 9.96. The van der Waals surface area contributed by atoms with Crippen LogP contribution in [0.4, 0.5) is 0 Å². The standard InChI is InChI=1S/C26H34N4O3S/c1-4-34(31,32)21-7-5-6-20(16-21)24-22-17-30(3)15-12-26(22)11-8-23(27-25(26)28-24)33-18-19-9-13-29(2)14-10-19/h5-7,12,15-16,19H,4,8-11,13-14,17-18H2,1-3H3. The fourth-order valence-electron chi connectivity index (χ4n) is 5.31. The van der Waals surface area contributed by atoms with E-state index < -0.39 is 9.84 Å². The van der Waals surface area contributed by atoms with E-state index >= 15 is 0 Å². The van der Waals surface area contributed by atoms with Gasteiger partial charge in [-0.15, -0.1) is 0 Å². The maximum absolute atomic E-state index is 12.5. The van der Waals surface area contributed by atoms with Crippen molar-refractivity contribution in [2.24, 2.45) is 21.3 Å². The van der Waals surface area contributed by atoms with Gasteiger partial charge < -0.3 is 14.5 Å². The van der Waals surface area contributed by atoms with Crippen molar-refractivity contribution < 1.29 is 13.2 Å². The summed E-state index contributed by atoms with van der Waals surface area (Å²) in [4.78, 5) is 14.8. The van der Waals surface area contributed by atoms with Gasteiger partial charge in [0.05, 0.1) is 28.4 Å². The van der Waals surface area contributed by atoms with Gasteiger partial charge in [0.1, 0.15) is 5.84 Å². The van der Waals surface area contributed by atoms with E-state index in [4.69, 9.17) is 14.7 Å². The van der Waals surface area contributed by atoms with Gasteiger partial charge >= 0.3 is 0 Å². The molecule has 1 unspecified atom stereocenters. The van der Waals surface area contributed by atoms with Crippen LogP contribution in [0.1, 0.15) is 38.2 Å². The normalized spacial score (nSPS) is 25.7. The average Bonchev–Trinajstić information content (AvgIpc) is 3.18. The van der Waals surface area contributed by atoms with Gasteiger partial charge in [-0.2, -0.15) is 0 Å². The highest BCUT2D eigenvalue weighted by atomic mass is 32.2. The van der Waals surface area contributed by atoms with Crippen LogP contribution in [0.3, 0.4) is 0 Å². The number of sulfone groups is 1. The Morgan fingerprint density at radius 2 is 1.97 bits per heavy atom. The van der Waals surface area contributed by atoms with Gasteiger partial charge in [0.25, 0.3) is 0 Å². The van der Waals surface area contributed by atoms with Crippen molar-refractivity contribution in [3.8, 4) is 0 Å². The van der Waals surface area contributed by atoms with Crippen molar-refractivity contribution in [1.29, 1.82) is 0 Å². The minimum atomic E-state index is -3.29. The van der Waals surface area contributed by atoms with Crippen molar-refractivity contribution in [1.82, 2.24) is 9.80 Å². The number of aliphatic imine (C=N–C) groups is 2. The minimum absolute atomic E-state index is 0.0779. The maximum Gasteiger partial charge on any atom is 0.189 e. The molecule has 0 bridgehead atoms. The molecule has 182 valence electrons. The molecule has 5 rings (SSSR count). The number of hydrogen-bond donors (Lipinski definition) is 0. The lowest BCUT2D eigenvalue weighted by Gasteiger charge is -2.38. The Bertz CT molecular complexity index is 1190. The first-order chi connectivity index (χ1) is 16.3. The fraction of sp³-hybridized carbons (Fsp3) is 0.538. The predicted molar refractivity (Wildman–Crippen MR) is 136 cm³/mol. The molecule has 8 heteroatoms. The molecule has 0 saturated carbocycles. The Morgan fingerprint density at radius 3 is 2.74 bits per heavy atom. The summed E-state index contributed by atoms with van der Waals surface area (Å²) in [5.74, 6) is 2.21. The fourth-order valence-corrected chi connectivity index (χ4v) is 6.23. The second kappa shape index (κ2) is 8.96. The van der Waals surface area contributed by atoms with Crippen LogP contribution in [-0.2, 0) is 14.6 Å². The van der Waals surface area contributed by atoms with Gasteiger partial charge in [-0.3, -0.25) is 0 Å². The number of benzene rings is 1. The Labute approximate surface area is 202 Å². The molecule has 0 amide bonds. The van der Waals surface area contributed by atoms with Crippen LogP contribution in [0.25, 0.3) is 5.70 Å². The van der Waals surface area contributed by atoms with Crippen LogP contribution < -0.4 is 0 Å². The molecule has 1 fully saturated rings. The zero-order chi connectivity index (χ0) is 23.9. The Kier molecular flexibility index (Phi) is 6.14. The minimum Gasteiger partial charge on any atom is -0.480 e. The Hall–Kier alpha value is -2.45. The molecule has 1 aromatic rings. The summed E-state index contributed by atoms with van der Waals surface area (Å²) < 4.78 is 31.2. The summed E-state index contributed by atoms with van der Waals surface area (Å²) in [5, 5.41) is 0. The van der Waals surface area contributed by atoms with E-state index in [1.807, 2.05) is 19.2 Å². The van der Waals surface area contributed by atoms with E-state index in [9.17, 15) is 8.42 Å². The molecular weight excluding hydrogens is 448 g/mol. The highest BCUT2D eigenvalue weighted by Crippen LogP contribution is 2.50. The summed E-state index contributed by atoms with van der Waals surface area (Å²) in [6.07, 6.45) is 8.30. The maximum atomic E-state index is 12.5. The number of likely N-dealkylation sites (tertiary alicyclic amines) is 1. The van der Waals surface area contributed by atoms with E-state index in [0.29, 0.717) is 10.8 Å². The van der Waals surface area contributed by atoms with Crippen LogP contribution in [0.2, 0.25) is 0 Å². The summed E-state index contributed by atoms with van der Waals surface area (Å²) in [6.45, 7) is 5.38. The van der Waals surface area contributed by atoms with Crippen LogP contribution >= 0.6 is 0 Å². The van der Waals surface area contributed by atoms with E-state index in [1.54, 1.807) is 19.1 Å². The van der Waals surface area contributed by atoms with Gasteiger partial charge in [0.2, 0.25) is 0 Å². The lowest BCUT2D eigenvalue weighted by Crippen LogP contribution is -2.40. The molecule has 4 aliphatic heterocycles. The van der Waals surface area contributed by atoms with Crippen molar-refractivity contribution in [2.75, 3.05) is 46.1 Å². The van der Waals surface area contributed by atoms with Crippen molar-refractivity contribution >= 4 is 27.3 Å². The zero-order valence-corrected chi connectivity index (χ0v) is 21.1. The number of piperidine rings is 1. The van der Waals surface area contributed by atoms with Crippen molar-refractivity contribution in [3.05, 3.63) is 47.7 Å². The smallest absolute Gasteiger partial charge is 0.189 e. The van der Waals surface area contributed by atoms with E-state index in [0.717, 1.165) is 74.9 Å². The van der Waals surface area contributed by atoms with Gasteiger partial charge in [-0.1, -0.05) is 25.1 Å². The summed E-state index contributed by atoms with van der Waals surface area (Å²) in [6, 6.07) is 7.18. The SMILES string of the molecule is CCS(=O)(=O)c1cccc(C2=C3CN(C)C=CC34CCC(OCC3CCN(C)CC3)=NC4=N2)c1. The Balaban J connectivity index is 1.45. The number of ether oxygens (including phenoxy) is 1. The third-order valence-electron chi connectivity index (χ3n) is 7.60. The number of likely N-dealkylation sites (N-methyl/N-ethyl adjacent to an activating group) is 1. The third kappa shape index (κ3) is 4.22. The molecule has 1 atom stereocenters. The lowest BCUT2D eigenvalue weighted by molar-refractivity contribution is 0.151. The highest BCUT2D eigenvalue weighted by molar-refractivity contribution is 7.91. The third-order valence-corrected chi connectivity index (χ3v) is 9.33. The van der Waals surface area contributed by atoms with Gasteiger partial charge in [0, 0.05) is 25.6 Å². The first kappa shape index (κ1) is 23.3. The first-order valence-corrected chi connectivity index (χ1v) is 13.9. The van der Waals surface area contributed by atoms with Crippen molar-refractivity contribution in [2.45, 2.75) is 37.5 Å². The second-order valence-corrected chi connectivity index (χ2v) is 12.2. The van der Waals surface area contributed by atoms with E-state index in [1.165, 1.54) is 5.57 Å². The average molecular weight is 483 g/mol. The highest BCUT2D eigenvalue weighted by Gasteiger charge is 2.48. The van der Waals surface area contributed by atoms with Gasteiger partial charge in [-0.05, 0) is 69.2 Å². The van der Waals surface area contributed by atoms with E-state index in [-0.39, 0.29) is 11.2 Å². The van der Waals surface area contributed by atoms with Crippen LogP contribution in [-0.4, -0.2) is 76.0 Å². The zero-order valence-electron chi connectivity index (χ0n) is 20.3. The quantitative estimate of drug-likeness (QED) is 0.641. The number of amidine groups is 1. The van der Waals surface area contributed by atoms with Gasteiger partial charge in [0.15, 0.2) is 15.7 Å². The molecular formula is C26H34N4O3S. The molecule has 1 aromatic carbocycles. The predicted octanol–water partition coefficient (Wildman–Crippen LogP) is 3.60. The van der Waals surface area contributed by atoms with Crippen LogP contribution in [0.15, 0.2) is 57.0 Å². The largest absolute Gasteiger partial charge is 0.480 e.